The molecule has 2 nitrogen and oxygen atoms in total. The minimum absolute atomic E-state index is 0.939. The summed E-state index contributed by atoms with van der Waals surface area (Å²) in [4.78, 5) is 0. The van der Waals surface area contributed by atoms with Crippen molar-refractivity contribution in [1.29, 1.82) is 0 Å². The zero-order valence-electron chi connectivity index (χ0n) is 31.8. The number of rotatable bonds is 20. The molecule has 0 aliphatic rings. The summed E-state index contributed by atoms with van der Waals surface area (Å²) in [6, 6.07) is 35.7. The molecule has 0 amide bonds. The van der Waals surface area contributed by atoms with Gasteiger partial charge in [0.2, 0.25) is 0 Å². The molecule has 0 radical (unpaired) electrons. The minimum Gasteiger partial charge on any atom is -0.456 e. The SMILES string of the molecule is CCCCCCCCCCc1cccc(-c2cc3c(ccc4c3ccc3c5cc(-c6cccc(CCCCCCCCCC)c6)oc5ccc34)o2)c1. The molecule has 0 aliphatic heterocycles. The Balaban J connectivity index is 1.06. The number of fused-ring (bicyclic) bond motifs is 7. The molecular weight excluding hydrogens is 633 g/mol. The zero-order valence-corrected chi connectivity index (χ0v) is 31.8. The maximum Gasteiger partial charge on any atom is 0.135 e. The van der Waals surface area contributed by atoms with Crippen molar-refractivity contribution >= 4 is 43.5 Å². The van der Waals surface area contributed by atoms with Crippen molar-refractivity contribution in [3.8, 4) is 22.6 Å². The molecule has 52 heavy (non-hydrogen) atoms. The topological polar surface area (TPSA) is 26.3 Å². The van der Waals surface area contributed by atoms with Gasteiger partial charge in [-0.25, -0.2) is 0 Å². The van der Waals surface area contributed by atoms with Gasteiger partial charge in [-0.15, -0.1) is 0 Å². The third-order valence-electron chi connectivity index (χ3n) is 11.3. The monoisotopic (exact) mass is 690 g/mol. The lowest BCUT2D eigenvalue weighted by Crippen LogP contribution is -1.87. The van der Waals surface area contributed by atoms with Gasteiger partial charge in [0.1, 0.15) is 22.7 Å². The third kappa shape index (κ3) is 8.66. The van der Waals surface area contributed by atoms with Crippen LogP contribution in [0.25, 0.3) is 66.1 Å². The Kier molecular flexibility index (Phi) is 12.5. The standard InChI is InChI=1S/C50H58O2/c1-3-5-7-9-11-13-15-17-21-37-23-19-25-39(33-37)49-35-45-43-27-28-44-42(41(43)29-31-47(45)51-49)30-32-48-46(44)36-50(52-48)40-26-20-24-38(34-40)22-18-16-14-12-10-8-6-4-2/h19-20,23-36H,3-18,21-22H2,1-2H3. The highest BCUT2D eigenvalue weighted by Gasteiger charge is 2.15. The Labute approximate surface area is 311 Å². The van der Waals surface area contributed by atoms with Crippen LogP contribution in [-0.4, -0.2) is 0 Å². The molecule has 0 N–H and O–H groups in total. The highest BCUT2D eigenvalue weighted by molar-refractivity contribution is 6.21. The van der Waals surface area contributed by atoms with Gasteiger partial charge in [0.25, 0.3) is 0 Å². The van der Waals surface area contributed by atoms with Gasteiger partial charge in [-0.3, -0.25) is 0 Å². The first-order chi connectivity index (χ1) is 25.7. The van der Waals surface area contributed by atoms with Crippen LogP contribution in [0.3, 0.4) is 0 Å². The number of unbranched alkanes of at least 4 members (excludes halogenated alkanes) is 14. The Morgan fingerprint density at radius 2 is 0.712 bits per heavy atom. The summed E-state index contributed by atoms with van der Waals surface area (Å²) in [6.45, 7) is 4.57. The molecule has 0 fully saturated rings. The second-order valence-electron chi connectivity index (χ2n) is 15.3. The lowest BCUT2D eigenvalue weighted by molar-refractivity contribution is 0.575. The number of aryl methyl sites for hydroxylation is 2. The van der Waals surface area contributed by atoms with Crippen molar-refractivity contribution in [1.82, 2.24) is 0 Å². The van der Waals surface area contributed by atoms with Gasteiger partial charge in [-0.1, -0.05) is 164 Å². The van der Waals surface area contributed by atoms with E-state index in [0.717, 1.165) is 46.7 Å². The molecule has 2 heteroatoms. The van der Waals surface area contributed by atoms with Gasteiger partial charge in [0.05, 0.1) is 0 Å². The Hall–Kier alpha value is -4.30. The quantitative estimate of drug-likeness (QED) is 0.0588. The molecule has 7 rings (SSSR count). The molecule has 270 valence electrons. The number of furan rings is 2. The van der Waals surface area contributed by atoms with E-state index in [1.165, 1.54) is 146 Å². The van der Waals surface area contributed by atoms with E-state index in [1.807, 2.05) is 0 Å². The van der Waals surface area contributed by atoms with E-state index in [9.17, 15) is 0 Å². The molecule has 0 atom stereocenters. The van der Waals surface area contributed by atoms with Gasteiger partial charge in [0, 0.05) is 21.9 Å². The molecule has 2 aromatic heterocycles. The molecule has 0 bridgehead atoms. The fraction of sp³-hybridized carbons (Fsp3) is 0.400. The van der Waals surface area contributed by atoms with Crippen molar-refractivity contribution in [3.05, 3.63) is 108 Å². The number of benzene rings is 5. The van der Waals surface area contributed by atoms with E-state index in [2.05, 4.69) is 111 Å². The predicted molar refractivity (Wildman–Crippen MR) is 224 cm³/mol. The van der Waals surface area contributed by atoms with E-state index in [1.54, 1.807) is 0 Å². The molecule has 0 aliphatic carbocycles. The molecule has 0 saturated heterocycles. The fourth-order valence-electron chi connectivity index (χ4n) is 8.23. The largest absolute Gasteiger partial charge is 0.456 e. The van der Waals surface area contributed by atoms with Crippen LogP contribution in [0.1, 0.15) is 128 Å². The maximum absolute atomic E-state index is 6.49. The lowest BCUT2D eigenvalue weighted by atomic mass is 9.97. The zero-order chi connectivity index (χ0) is 35.5. The molecular formula is C50H58O2. The molecule has 2 heterocycles. The summed E-state index contributed by atoms with van der Waals surface area (Å²) in [5, 5.41) is 7.29. The third-order valence-corrected chi connectivity index (χ3v) is 11.3. The summed E-state index contributed by atoms with van der Waals surface area (Å²) < 4.78 is 13.0. The fourth-order valence-corrected chi connectivity index (χ4v) is 8.23. The second kappa shape index (κ2) is 18.0. The first-order valence-electron chi connectivity index (χ1n) is 20.7. The summed E-state index contributed by atoms with van der Waals surface area (Å²) in [6.07, 6.45) is 23.9. The van der Waals surface area contributed by atoms with E-state index in [0.29, 0.717) is 0 Å². The van der Waals surface area contributed by atoms with Crippen molar-refractivity contribution in [2.24, 2.45) is 0 Å². The Morgan fingerprint density at radius 3 is 1.13 bits per heavy atom. The van der Waals surface area contributed by atoms with E-state index in [-0.39, 0.29) is 0 Å². The van der Waals surface area contributed by atoms with Crippen LogP contribution in [0.2, 0.25) is 0 Å². The first-order valence-corrected chi connectivity index (χ1v) is 20.7. The Morgan fingerprint density at radius 1 is 0.346 bits per heavy atom. The normalized spacial score (nSPS) is 11.9. The Bertz CT molecular complexity index is 2040. The van der Waals surface area contributed by atoms with Crippen LogP contribution in [0, 0.1) is 0 Å². The number of hydrogen-bond donors (Lipinski definition) is 0. The van der Waals surface area contributed by atoms with E-state index in [4.69, 9.17) is 8.83 Å². The van der Waals surface area contributed by atoms with Crippen LogP contribution < -0.4 is 0 Å². The van der Waals surface area contributed by atoms with Crippen molar-refractivity contribution < 1.29 is 8.83 Å². The summed E-state index contributed by atoms with van der Waals surface area (Å²) in [5.41, 5.74) is 7.01. The van der Waals surface area contributed by atoms with Gasteiger partial charge in [0.15, 0.2) is 0 Å². The molecule has 5 aromatic carbocycles. The van der Waals surface area contributed by atoms with Gasteiger partial charge in [-0.05, 0) is 94.8 Å². The van der Waals surface area contributed by atoms with E-state index < -0.39 is 0 Å². The van der Waals surface area contributed by atoms with Crippen LogP contribution in [-0.2, 0) is 12.8 Å². The average Bonchev–Trinajstić information content (AvgIpc) is 3.83. The minimum atomic E-state index is 0.939. The van der Waals surface area contributed by atoms with Crippen LogP contribution in [0.15, 0.2) is 106 Å². The lowest BCUT2D eigenvalue weighted by Gasteiger charge is -2.05. The predicted octanol–water partition coefficient (Wildman–Crippen LogP) is 16.2. The van der Waals surface area contributed by atoms with Crippen LogP contribution in [0.5, 0.6) is 0 Å². The van der Waals surface area contributed by atoms with Crippen LogP contribution in [0.4, 0.5) is 0 Å². The van der Waals surface area contributed by atoms with Crippen LogP contribution >= 0.6 is 0 Å². The van der Waals surface area contributed by atoms with Gasteiger partial charge in [-0.2, -0.15) is 0 Å². The molecule has 0 unspecified atom stereocenters. The highest BCUT2D eigenvalue weighted by Crippen LogP contribution is 2.39. The molecule has 0 spiro atoms. The first kappa shape index (κ1) is 36.1. The van der Waals surface area contributed by atoms with Gasteiger partial charge >= 0.3 is 0 Å². The molecule has 7 aromatic rings. The summed E-state index contributed by atoms with van der Waals surface area (Å²) >= 11 is 0. The smallest absolute Gasteiger partial charge is 0.135 e. The average molecular weight is 691 g/mol. The highest BCUT2D eigenvalue weighted by atomic mass is 16.3. The van der Waals surface area contributed by atoms with Gasteiger partial charge < -0.3 is 8.83 Å². The van der Waals surface area contributed by atoms with E-state index >= 15 is 0 Å². The van der Waals surface area contributed by atoms with Crippen molar-refractivity contribution in [3.63, 3.8) is 0 Å². The number of hydrogen-bond acceptors (Lipinski definition) is 2. The summed E-state index contributed by atoms with van der Waals surface area (Å²) in [7, 11) is 0. The van der Waals surface area contributed by atoms with Crippen molar-refractivity contribution in [2.75, 3.05) is 0 Å². The summed E-state index contributed by atoms with van der Waals surface area (Å²) in [5.74, 6) is 1.89. The molecule has 0 saturated carbocycles. The van der Waals surface area contributed by atoms with Crippen molar-refractivity contribution in [2.45, 2.75) is 129 Å². The maximum atomic E-state index is 6.49. The second-order valence-corrected chi connectivity index (χ2v) is 15.3.